The molecule has 0 radical (unpaired) electrons. The molecule has 0 fully saturated rings. The second kappa shape index (κ2) is 7.51. The number of carbonyl (C=O) groups is 2. The summed E-state index contributed by atoms with van der Waals surface area (Å²) in [6.45, 7) is 1.33. The molecule has 0 spiro atoms. The van der Waals surface area contributed by atoms with Gasteiger partial charge in [-0.05, 0) is 13.0 Å². The number of carboxylic acids is 1. The van der Waals surface area contributed by atoms with Gasteiger partial charge in [-0.1, -0.05) is 0 Å². The zero-order valence-corrected chi connectivity index (χ0v) is 11.1. The van der Waals surface area contributed by atoms with E-state index in [0.717, 1.165) is 0 Å². The predicted octanol–water partition coefficient (Wildman–Crippen LogP) is -0.218. The molecule has 0 unspecified atom stereocenters. The maximum atomic E-state index is 11.8. The van der Waals surface area contributed by atoms with Crippen molar-refractivity contribution in [2.75, 3.05) is 26.3 Å². The highest BCUT2D eigenvalue weighted by atomic mass is 16.4. The fraction of sp³-hybridized carbons (Fsp3) is 0.500. The molecular weight excluding hydrogens is 268 g/mol. The van der Waals surface area contributed by atoms with Gasteiger partial charge in [0.2, 0.25) is 0 Å². The van der Waals surface area contributed by atoms with Crippen LogP contribution in [-0.2, 0) is 6.54 Å². The summed E-state index contributed by atoms with van der Waals surface area (Å²) in [5.74, 6) is -0.503. The second-order valence-corrected chi connectivity index (χ2v) is 4.08. The molecule has 0 saturated carbocycles. The minimum atomic E-state index is -1.09. The van der Waals surface area contributed by atoms with Crippen LogP contribution >= 0.6 is 0 Å². The molecule has 0 aliphatic carbocycles. The van der Waals surface area contributed by atoms with E-state index in [2.05, 4.69) is 5.32 Å². The van der Waals surface area contributed by atoms with Gasteiger partial charge in [-0.2, -0.15) is 0 Å². The van der Waals surface area contributed by atoms with E-state index in [4.69, 9.17) is 19.7 Å². The van der Waals surface area contributed by atoms with Crippen LogP contribution in [-0.4, -0.2) is 58.5 Å². The Balaban J connectivity index is 2.59. The van der Waals surface area contributed by atoms with Gasteiger partial charge < -0.3 is 30.0 Å². The normalized spacial score (nSPS) is 10.3. The Bertz CT molecular complexity index is 465. The highest BCUT2D eigenvalue weighted by molar-refractivity contribution is 5.88. The first-order valence-corrected chi connectivity index (χ1v) is 6.06. The Hall–Kier alpha value is -2.06. The number of rotatable bonds is 7. The molecule has 0 aliphatic heterocycles. The lowest BCUT2D eigenvalue weighted by Crippen LogP contribution is -2.42. The Morgan fingerprint density at radius 2 is 1.90 bits per heavy atom. The molecule has 0 bridgehead atoms. The SMILES string of the molecule is Cc1oc(CNC(=O)N(CCO)CCO)cc1C(=O)O. The van der Waals surface area contributed by atoms with Gasteiger partial charge >= 0.3 is 12.0 Å². The van der Waals surface area contributed by atoms with Crippen molar-refractivity contribution in [2.45, 2.75) is 13.5 Å². The lowest BCUT2D eigenvalue weighted by atomic mass is 10.2. The number of nitrogens with zero attached hydrogens (tertiary/aromatic N) is 1. The molecule has 1 aromatic rings. The van der Waals surface area contributed by atoms with Crippen LogP contribution in [0.3, 0.4) is 0 Å². The molecule has 1 aromatic heterocycles. The predicted molar refractivity (Wildman–Crippen MR) is 68.4 cm³/mol. The summed E-state index contributed by atoms with van der Waals surface area (Å²) >= 11 is 0. The summed E-state index contributed by atoms with van der Waals surface area (Å²) in [5, 5.41) is 29.0. The third-order valence-electron chi connectivity index (χ3n) is 2.64. The molecule has 4 N–H and O–H groups in total. The number of aliphatic hydroxyl groups is 2. The van der Waals surface area contributed by atoms with Crippen LogP contribution in [0.2, 0.25) is 0 Å². The Labute approximate surface area is 115 Å². The third kappa shape index (κ3) is 4.25. The first-order chi connectivity index (χ1) is 9.49. The van der Waals surface area contributed by atoms with Gasteiger partial charge in [0.25, 0.3) is 0 Å². The van der Waals surface area contributed by atoms with Gasteiger partial charge in [-0.15, -0.1) is 0 Å². The number of aryl methyl sites for hydroxylation is 1. The number of aliphatic hydroxyl groups excluding tert-OH is 2. The fourth-order valence-electron chi connectivity index (χ4n) is 1.67. The van der Waals surface area contributed by atoms with Crippen molar-refractivity contribution in [2.24, 2.45) is 0 Å². The summed E-state index contributed by atoms with van der Waals surface area (Å²) in [6, 6.07) is 0.874. The minimum Gasteiger partial charge on any atom is -0.478 e. The Morgan fingerprint density at radius 1 is 1.30 bits per heavy atom. The van der Waals surface area contributed by atoms with Crippen molar-refractivity contribution in [1.29, 1.82) is 0 Å². The molecule has 0 saturated heterocycles. The Morgan fingerprint density at radius 3 is 2.35 bits per heavy atom. The van der Waals surface area contributed by atoms with E-state index in [-0.39, 0.29) is 44.2 Å². The zero-order chi connectivity index (χ0) is 15.1. The number of hydrogen-bond acceptors (Lipinski definition) is 5. The van der Waals surface area contributed by atoms with Crippen molar-refractivity contribution in [3.63, 3.8) is 0 Å². The van der Waals surface area contributed by atoms with E-state index in [0.29, 0.717) is 5.76 Å². The first kappa shape index (κ1) is 16.0. The molecule has 2 amide bonds. The van der Waals surface area contributed by atoms with Crippen LogP contribution < -0.4 is 5.32 Å². The topological polar surface area (TPSA) is 123 Å². The van der Waals surface area contributed by atoms with Crippen LogP contribution in [0.15, 0.2) is 10.5 Å². The highest BCUT2D eigenvalue weighted by Gasteiger charge is 2.16. The fourth-order valence-corrected chi connectivity index (χ4v) is 1.67. The van der Waals surface area contributed by atoms with Crippen molar-refractivity contribution >= 4 is 12.0 Å². The number of urea groups is 1. The monoisotopic (exact) mass is 286 g/mol. The summed E-state index contributed by atoms with van der Waals surface area (Å²) in [5.41, 5.74) is 0.0526. The summed E-state index contributed by atoms with van der Waals surface area (Å²) in [4.78, 5) is 23.8. The highest BCUT2D eigenvalue weighted by Crippen LogP contribution is 2.14. The summed E-state index contributed by atoms with van der Waals surface area (Å²) < 4.78 is 5.21. The molecule has 1 heterocycles. The second-order valence-electron chi connectivity index (χ2n) is 4.08. The molecule has 8 nitrogen and oxygen atoms in total. The standard InChI is InChI=1S/C12H18N2O6/c1-8-10(11(17)18)6-9(20-8)7-13-12(19)14(2-4-15)3-5-16/h6,15-16H,2-5,7H2,1H3,(H,13,19)(H,17,18). The lowest BCUT2D eigenvalue weighted by molar-refractivity contribution is 0.0695. The number of furan rings is 1. The summed E-state index contributed by atoms with van der Waals surface area (Å²) in [7, 11) is 0. The summed E-state index contributed by atoms with van der Waals surface area (Å²) in [6.07, 6.45) is 0. The van der Waals surface area contributed by atoms with Crippen LogP contribution in [0.1, 0.15) is 21.9 Å². The largest absolute Gasteiger partial charge is 0.478 e. The number of carbonyl (C=O) groups excluding carboxylic acids is 1. The van der Waals surface area contributed by atoms with Crippen LogP contribution in [0.4, 0.5) is 4.79 Å². The minimum absolute atomic E-state index is 0.0281. The molecule has 0 atom stereocenters. The molecule has 0 aromatic carbocycles. The Kier molecular flexibility index (Phi) is 6.01. The van der Waals surface area contributed by atoms with Gasteiger partial charge in [0.1, 0.15) is 17.1 Å². The van der Waals surface area contributed by atoms with Crippen molar-refractivity contribution in [1.82, 2.24) is 10.2 Å². The van der Waals surface area contributed by atoms with E-state index in [1.54, 1.807) is 0 Å². The smallest absolute Gasteiger partial charge is 0.339 e. The number of aromatic carboxylic acids is 1. The molecule has 8 heteroatoms. The van der Waals surface area contributed by atoms with E-state index in [9.17, 15) is 9.59 Å². The number of carboxylic acid groups (broad SMARTS) is 1. The van der Waals surface area contributed by atoms with Gasteiger partial charge in [0, 0.05) is 13.1 Å². The number of amides is 2. The van der Waals surface area contributed by atoms with E-state index >= 15 is 0 Å². The van der Waals surface area contributed by atoms with Gasteiger partial charge in [0.15, 0.2) is 0 Å². The van der Waals surface area contributed by atoms with Gasteiger partial charge in [-0.25, -0.2) is 9.59 Å². The molecule has 112 valence electrons. The van der Waals surface area contributed by atoms with Crippen molar-refractivity contribution in [3.8, 4) is 0 Å². The maximum Gasteiger partial charge on any atom is 0.339 e. The van der Waals surface area contributed by atoms with E-state index < -0.39 is 12.0 Å². The van der Waals surface area contributed by atoms with Crippen LogP contribution in [0, 0.1) is 6.92 Å². The average Bonchev–Trinajstić information content (AvgIpc) is 2.77. The third-order valence-corrected chi connectivity index (χ3v) is 2.64. The molecule has 1 rings (SSSR count). The van der Waals surface area contributed by atoms with Crippen molar-refractivity contribution in [3.05, 3.63) is 23.2 Å². The molecular formula is C12H18N2O6. The number of hydrogen-bond donors (Lipinski definition) is 4. The number of nitrogens with one attached hydrogen (secondary N) is 1. The first-order valence-electron chi connectivity index (χ1n) is 6.06. The van der Waals surface area contributed by atoms with E-state index in [1.807, 2.05) is 0 Å². The zero-order valence-electron chi connectivity index (χ0n) is 11.1. The van der Waals surface area contributed by atoms with Gasteiger partial charge in [-0.3, -0.25) is 0 Å². The van der Waals surface area contributed by atoms with Crippen LogP contribution in [0.5, 0.6) is 0 Å². The van der Waals surface area contributed by atoms with E-state index in [1.165, 1.54) is 17.9 Å². The quantitative estimate of drug-likeness (QED) is 0.549. The average molecular weight is 286 g/mol. The lowest BCUT2D eigenvalue weighted by Gasteiger charge is -2.20. The van der Waals surface area contributed by atoms with Gasteiger partial charge in [0.05, 0.1) is 19.8 Å². The molecule has 0 aliphatic rings. The van der Waals surface area contributed by atoms with Crippen LogP contribution in [0.25, 0.3) is 0 Å². The van der Waals surface area contributed by atoms with Crippen molar-refractivity contribution < 1.29 is 29.3 Å². The molecule has 20 heavy (non-hydrogen) atoms. The maximum absolute atomic E-state index is 11.8.